The van der Waals surface area contributed by atoms with Crippen LogP contribution in [0.1, 0.15) is 33.6 Å². The van der Waals surface area contributed by atoms with E-state index in [1.54, 1.807) is 17.4 Å². The Balaban J connectivity index is 1.97. The highest BCUT2D eigenvalue weighted by molar-refractivity contribution is 7.11. The van der Waals surface area contributed by atoms with Crippen LogP contribution in [0, 0.1) is 25.7 Å². The van der Waals surface area contributed by atoms with E-state index < -0.39 is 11.7 Å². The average Bonchev–Trinajstić information content (AvgIpc) is 2.94. The molecule has 0 atom stereocenters. The third kappa shape index (κ3) is 6.61. The van der Waals surface area contributed by atoms with Crippen LogP contribution in [0.15, 0.2) is 29.3 Å². The zero-order chi connectivity index (χ0) is 19.9. The van der Waals surface area contributed by atoms with Crippen LogP contribution in [0.2, 0.25) is 0 Å². The van der Waals surface area contributed by atoms with E-state index in [-0.39, 0.29) is 6.54 Å². The molecule has 0 aliphatic heterocycles. The largest absolute Gasteiger partial charge is 0.416 e. The number of hydrogen-bond donors (Lipinski definition) is 2. The van der Waals surface area contributed by atoms with Crippen LogP contribution < -0.4 is 10.6 Å². The molecule has 0 aliphatic rings. The van der Waals surface area contributed by atoms with Gasteiger partial charge >= 0.3 is 6.18 Å². The molecule has 0 radical (unpaired) electrons. The molecule has 144 valence electrons. The molecule has 0 aliphatic carbocycles. The molecule has 8 heteroatoms. The van der Waals surface area contributed by atoms with Crippen LogP contribution in [-0.2, 0) is 12.7 Å². The standard InChI is InChI=1S/C19H21F3N4S/c1-4-23-18(25-12-17-26-13(2)14(3)27-17)24-10-6-8-15-7-5-9-16(11-15)19(20,21)22/h5,7,9,11H,4,10,12H2,1-3H3,(H2,23,24,25). The first kappa shape index (κ1) is 20.8. The van der Waals surface area contributed by atoms with E-state index in [0.717, 1.165) is 22.8 Å². The smallest absolute Gasteiger partial charge is 0.357 e. The van der Waals surface area contributed by atoms with Crippen LogP contribution in [0.25, 0.3) is 0 Å². The van der Waals surface area contributed by atoms with Crippen molar-refractivity contribution in [3.63, 3.8) is 0 Å². The van der Waals surface area contributed by atoms with Gasteiger partial charge in [0.1, 0.15) is 5.01 Å². The van der Waals surface area contributed by atoms with Crippen molar-refractivity contribution in [3.8, 4) is 11.8 Å². The predicted molar refractivity (Wildman–Crippen MR) is 103 cm³/mol. The van der Waals surface area contributed by atoms with Crippen molar-refractivity contribution in [2.75, 3.05) is 13.1 Å². The molecule has 1 aromatic carbocycles. The van der Waals surface area contributed by atoms with Crippen molar-refractivity contribution >= 4 is 17.3 Å². The van der Waals surface area contributed by atoms with Crippen molar-refractivity contribution in [2.24, 2.45) is 4.99 Å². The lowest BCUT2D eigenvalue weighted by Crippen LogP contribution is -2.37. The van der Waals surface area contributed by atoms with Gasteiger partial charge in [-0.2, -0.15) is 13.2 Å². The summed E-state index contributed by atoms with van der Waals surface area (Å²) in [6.07, 6.45) is -4.37. The van der Waals surface area contributed by atoms with E-state index in [1.165, 1.54) is 10.9 Å². The number of aliphatic imine (C=N–C) groups is 1. The molecule has 27 heavy (non-hydrogen) atoms. The van der Waals surface area contributed by atoms with Crippen LogP contribution in [0.3, 0.4) is 0 Å². The lowest BCUT2D eigenvalue weighted by Gasteiger charge is -2.08. The Labute approximate surface area is 160 Å². The maximum absolute atomic E-state index is 12.7. The third-order valence-corrected chi connectivity index (χ3v) is 4.61. The van der Waals surface area contributed by atoms with Gasteiger partial charge in [0.05, 0.1) is 24.3 Å². The Bertz CT molecular complexity index is 840. The van der Waals surface area contributed by atoms with E-state index in [9.17, 15) is 13.2 Å². The molecule has 0 bridgehead atoms. The van der Waals surface area contributed by atoms with Crippen molar-refractivity contribution in [1.82, 2.24) is 15.6 Å². The number of alkyl halides is 3. The Hall–Kier alpha value is -2.53. The zero-order valence-electron chi connectivity index (χ0n) is 15.4. The molecular weight excluding hydrogens is 373 g/mol. The number of hydrogen-bond acceptors (Lipinski definition) is 3. The van der Waals surface area contributed by atoms with Gasteiger partial charge in [0, 0.05) is 17.0 Å². The summed E-state index contributed by atoms with van der Waals surface area (Å²) in [6.45, 7) is 7.33. The highest BCUT2D eigenvalue weighted by atomic mass is 32.1. The van der Waals surface area contributed by atoms with Crippen molar-refractivity contribution in [3.05, 3.63) is 51.0 Å². The maximum atomic E-state index is 12.7. The van der Waals surface area contributed by atoms with Gasteiger partial charge in [-0.05, 0) is 39.0 Å². The summed E-state index contributed by atoms with van der Waals surface area (Å²) in [5.41, 5.74) is 0.628. The fourth-order valence-electron chi connectivity index (χ4n) is 2.14. The molecule has 0 fully saturated rings. The van der Waals surface area contributed by atoms with Crippen molar-refractivity contribution in [2.45, 2.75) is 33.5 Å². The molecule has 0 spiro atoms. The zero-order valence-corrected chi connectivity index (χ0v) is 16.2. The number of rotatable bonds is 4. The molecular formula is C19H21F3N4S. The second-order valence-corrected chi connectivity index (χ2v) is 6.97. The Morgan fingerprint density at radius 3 is 2.67 bits per heavy atom. The summed E-state index contributed by atoms with van der Waals surface area (Å²) >= 11 is 1.61. The monoisotopic (exact) mass is 394 g/mol. The van der Waals surface area contributed by atoms with Gasteiger partial charge in [-0.25, -0.2) is 9.98 Å². The molecule has 2 aromatic rings. The molecule has 2 rings (SSSR count). The number of benzene rings is 1. The van der Waals surface area contributed by atoms with Gasteiger partial charge in [0.25, 0.3) is 0 Å². The normalized spacial score (nSPS) is 11.7. The highest BCUT2D eigenvalue weighted by Gasteiger charge is 2.30. The topological polar surface area (TPSA) is 49.3 Å². The molecule has 4 nitrogen and oxygen atoms in total. The minimum Gasteiger partial charge on any atom is -0.357 e. The first-order valence-electron chi connectivity index (χ1n) is 8.40. The number of nitrogens with zero attached hydrogens (tertiary/aromatic N) is 2. The summed E-state index contributed by atoms with van der Waals surface area (Å²) in [5.74, 6) is 6.14. The fourth-order valence-corrected chi connectivity index (χ4v) is 3.00. The van der Waals surface area contributed by atoms with Gasteiger partial charge in [-0.15, -0.1) is 11.3 Å². The van der Waals surface area contributed by atoms with Gasteiger partial charge < -0.3 is 10.6 Å². The fraction of sp³-hybridized carbons (Fsp3) is 0.368. The summed E-state index contributed by atoms with van der Waals surface area (Å²) in [7, 11) is 0. The molecule has 1 heterocycles. The maximum Gasteiger partial charge on any atom is 0.416 e. The summed E-state index contributed by atoms with van der Waals surface area (Å²) in [6, 6.07) is 4.97. The van der Waals surface area contributed by atoms with Crippen LogP contribution in [0.4, 0.5) is 13.2 Å². The lowest BCUT2D eigenvalue weighted by molar-refractivity contribution is -0.137. The molecule has 0 saturated heterocycles. The number of guanidine groups is 1. The van der Waals surface area contributed by atoms with Gasteiger partial charge in [0.2, 0.25) is 0 Å². The first-order chi connectivity index (χ1) is 12.8. The van der Waals surface area contributed by atoms with Crippen LogP contribution in [0.5, 0.6) is 0 Å². The molecule has 0 saturated carbocycles. The number of thiazole rings is 1. The lowest BCUT2D eigenvalue weighted by atomic mass is 10.1. The van der Waals surface area contributed by atoms with Gasteiger partial charge in [0.15, 0.2) is 5.96 Å². The van der Waals surface area contributed by atoms with E-state index in [0.29, 0.717) is 24.6 Å². The first-order valence-corrected chi connectivity index (χ1v) is 9.22. The minimum atomic E-state index is -4.37. The number of aryl methyl sites for hydroxylation is 2. The number of nitrogens with one attached hydrogen (secondary N) is 2. The Morgan fingerprint density at radius 2 is 2.04 bits per heavy atom. The Morgan fingerprint density at radius 1 is 1.26 bits per heavy atom. The molecule has 0 unspecified atom stereocenters. The summed E-state index contributed by atoms with van der Waals surface area (Å²) in [4.78, 5) is 10.1. The molecule has 0 amide bonds. The van der Waals surface area contributed by atoms with Crippen LogP contribution >= 0.6 is 11.3 Å². The summed E-state index contributed by atoms with van der Waals surface area (Å²) in [5, 5.41) is 7.08. The van der Waals surface area contributed by atoms with E-state index in [2.05, 4.69) is 32.5 Å². The van der Waals surface area contributed by atoms with Crippen LogP contribution in [-0.4, -0.2) is 24.0 Å². The minimum absolute atomic E-state index is 0.262. The van der Waals surface area contributed by atoms with E-state index >= 15 is 0 Å². The number of halogens is 3. The highest BCUT2D eigenvalue weighted by Crippen LogP contribution is 2.29. The second-order valence-electron chi connectivity index (χ2n) is 5.68. The van der Waals surface area contributed by atoms with Crippen molar-refractivity contribution in [1.29, 1.82) is 0 Å². The van der Waals surface area contributed by atoms with Gasteiger partial charge in [-0.3, -0.25) is 0 Å². The molecule has 1 aromatic heterocycles. The SMILES string of the molecule is CCNC(=NCc1nc(C)c(C)s1)NCC#Cc1cccc(C(F)(F)F)c1. The Kier molecular flexibility index (Phi) is 7.25. The molecule has 2 N–H and O–H groups in total. The van der Waals surface area contributed by atoms with E-state index in [1.807, 2.05) is 20.8 Å². The summed E-state index contributed by atoms with van der Waals surface area (Å²) < 4.78 is 38.1. The third-order valence-electron chi connectivity index (χ3n) is 3.56. The number of aromatic nitrogens is 1. The van der Waals surface area contributed by atoms with Gasteiger partial charge in [-0.1, -0.05) is 17.9 Å². The van der Waals surface area contributed by atoms with Crippen molar-refractivity contribution < 1.29 is 13.2 Å². The second kappa shape index (κ2) is 9.42. The average molecular weight is 394 g/mol. The van der Waals surface area contributed by atoms with E-state index in [4.69, 9.17) is 0 Å². The quantitative estimate of drug-likeness (QED) is 0.470. The predicted octanol–water partition coefficient (Wildman–Crippen LogP) is 3.89.